The molecule has 0 spiro atoms. The minimum absolute atomic E-state index is 0.175. The highest BCUT2D eigenvalue weighted by Crippen LogP contribution is 2.27. The third-order valence-corrected chi connectivity index (χ3v) is 5.35. The number of hydrogen-bond donors (Lipinski definition) is 0. The number of sulfone groups is 1. The van der Waals surface area contributed by atoms with Gasteiger partial charge in [0.2, 0.25) is 9.84 Å². The second kappa shape index (κ2) is 5.01. The summed E-state index contributed by atoms with van der Waals surface area (Å²) in [7, 11) is -3.70. The van der Waals surface area contributed by atoms with Crippen LogP contribution in [0.1, 0.15) is 23.3 Å². The van der Waals surface area contributed by atoms with E-state index in [1.807, 2.05) is 6.07 Å². The van der Waals surface area contributed by atoms with Crippen molar-refractivity contribution in [3.8, 4) is 0 Å². The zero-order valence-corrected chi connectivity index (χ0v) is 11.6. The van der Waals surface area contributed by atoms with Crippen molar-refractivity contribution in [2.24, 2.45) is 0 Å². The van der Waals surface area contributed by atoms with E-state index in [9.17, 15) is 13.6 Å². The Morgan fingerprint density at radius 2 is 1.74 bits per heavy atom. The quantitative estimate of drug-likeness (QED) is 0.638. The third kappa shape index (κ3) is 2.46. The zero-order valence-electron chi connectivity index (χ0n) is 10.8. The van der Waals surface area contributed by atoms with E-state index in [2.05, 4.69) is 0 Å². The van der Waals surface area contributed by atoms with Crippen molar-refractivity contribution in [2.45, 2.75) is 24.1 Å². The molecule has 0 saturated heterocycles. The van der Waals surface area contributed by atoms with Crippen LogP contribution in [0.4, 0.5) is 0 Å². The topological polar surface area (TPSA) is 61.1 Å². The molecule has 2 aromatic rings. The lowest BCUT2D eigenvalue weighted by Gasteiger charge is -2.14. The van der Waals surface area contributed by atoms with Crippen molar-refractivity contribution in [3.05, 3.63) is 65.0 Å². The van der Waals surface area contributed by atoms with E-state index in [-0.39, 0.29) is 5.03 Å². The first kappa shape index (κ1) is 13.5. The van der Waals surface area contributed by atoms with E-state index in [0.29, 0.717) is 15.9 Å². The van der Waals surface area contributed by atoms with Crippen molar-refractivity contribution in [1.82, 2.24) is 0 Å². The lowest BCUT2D eigenvalue weighted by atomic mass is 10.2. The first-order valence-electron chi connectivity index (χ1n) is 5.92. The van der Waals surface area contributed by atoms with Crippen LogP contribution in [-0.2, 0) is 9.84 Å². The molecule has 0 aliphatic carbocycles. The van der Waals surface area contributed by atoms with Gasteiger partial charge in [0.25, 0.3) is 0 Å². The number of benzene rings is 1. The van der Waals surface area contributed by atoms with Crippen molar-refractivity contribution >= 4 is 9.84 Å². The number of nitrogens with zero attached hydrogens (tertiary/aromatic N) is 1. The fourth-order valence-corrected chi connectivity index (χ4v) is 3.68. The Labute approximate surface area is 112 Å². The first-order chi connectivity index (χ1) is 8.94. The highest BCUT2D eigenvalue weighted by atomic mass is 32.2. The molecule has 1 atom stereocenters. The molecular weight excluding hydrogens is 262 g/mol. The van der Waals surface area contributed by atoms with Crippen LogP contribution < -0.4 is 4.73 Å². The minimum Gasteiger partial charge on any atom is -0.618 e. The summed E-state index contributed by atoms with van der Waals surface area (Å²) < 4.78 is 25.5. The molecule has 0 radical (unpaired) electrons. The lowest BCUT2D eigenvalue weighted by molar-refractivity contribution is -0.647. The number of rotatable bonds is 3. The summed E-state index contributed by atoms with van der Waals surface area (Å²) in [4.78, 5) is 0. The summed E-state index contributed by atoms with van der Waals surface area (Å²) in [5.41, 5.74) is 1.13. The molecule has 0 aliphatic heterocycles. The lowest BCUT2D eigenvalue weighted by Crippen LogP contribution is -2.35. The SMILES string of the molecule is Cc1ccc[n+]([O-])c1S(=O)(=O)C(C)c1ccccc1. The molecular formula is C14H15NO3S. The predicted molar refractivity (Wildman–Crippen MR) is 72.2 cm³/mol. The molecule has 0 saturated carbocycles. The largest absolute Gasteiger partial charge is 0.618 e. The fraction of sp³-hybridized carbons (Fsp3) is 0.214. The van der Waals surface area contributed by atoms with Crippen LogP contribution in [0, 0.1) is 12.1 Å². The summed E-state index contributed by atoms with van der Waals surface area (Å²) in [6.07, 6.45) is 1.21. The molecule has 1 aromatic heterocycles. The van der Waals surface area contributed by atoms with Gasteiger partial charge in [-0.15, -0.1) is 0 Å². The fourth-order valence-electron chi connectivity index (χ4n) is 2.00. The van der Waals surface area contributed by atoms with Crippen LogP contribution in [0.15, 0.2) is 53.7 Å². The molecule has 0 fully saturated rings. The molecule has 1 unspecified atom stereocenters. The van der Waals surface area contributed by atoms with Crippen molar-refractivity contribution in [2.75, 3.05) is 0 Å². The molecule has 0 amide bonds. The van der Waals surface area contributed by atoms with Crippen LogP contribution in [0.2, 0.25) is 0 Å². The molecule has 2 rings (SSSR count). The molecule has 1 heterocycles. The van der Waals surface area contributed by atoms with Gasteiger partial charge < -0.3 is 5.21 Å². The van der Waals surface area contributed by atoms with E-state index in [0.717, 1.165) is 0 Å². The average Bonchev–Trinajstić information content (AvgIpc) is 2.38. The van der Waals surface area contributed by atoms with Gasteiger partial charge in [-0.05, 0) is 25.5 Å². The number of aromatic nitrogens is 1. The normalized spacial score (nSPS) is 13.2. The van der Waals surface area contributed by atoms with Crippen molar-refractivity contribution in [3.63, 3.8) is 0 Å². The zero-order chi connectivity index (χ0) is 14.0. The molecule has 4 nitrogen and oxygen atoms in total. The van der Waals surface area contributed by atoms with E-state index in [4.69, 9.17) is 0 Å². The Hall–Kier alpha value is -1.88. The minimum atomic E-state index is -3.70. The maximum absolute atomic E-state index is 12.6. The molecule has 19 heavy (non-hydrogen) atoms. The first-order valence-corrected chi connectivity index (χ1v) is 7.47. The molecule has 1 aromatic carbocycles. The highest BCUT2D eigenvalue weighted by Gasteiger charge is 2.33. The van der Waals surface area contributed by atoms with Gasteiger partial charge >= 0.3 is 5.03 Å². The van der Waals surface area contributed by atoms with Crippen LogP contribution in [0.3, 0.4) is 0 Å². The van der Waals surface area contributed by atoms with Gasteiger partial charge in [-0.2, -0.15) is 4.73 Å². The molecule has 5 heteroatoms. The Kier molecular flexibility index (Phi) is 3.57. The third-order valence-electron chi connectivity index (χ3n) is 3.11. The molecule has 0 N–H and O–H groups in total. The molecule has 0 aliphatic rings. The van der Waals surface area contributed by atoms with Crippen LogP contribution >= 0.6 is 0 Å². The van der Waals surface area contributed by atoms with E-state index < -0.39 is 15.1 Å². The van der Waals surface area contributed by atoms with Crippen LogP contribution in [0.5, 0.6) is 0 Å². The predicted octanol–water partition coefficient (Wildman–Crippen LogP) is 2.16. The standard InChI is InChI=1S/C14H15NO3S/c1-11-7-6-10-15(16)14(11)19(17,18)12(2)13-8-4-3-5-9-13/h3-10,12H,1-2H3. The summed E-state index contributed by atoms with van der Waals surface area (Å²) >= 11 is 0. The smallest absolute Gasteiger partial charge is 0.312 e. The summed E-state index contributed by atoms with van der Waals surface area (Å²) in [6.45, 7) is 3.22. The van der Waals surface area contributed by atoms with E-state index in [1.165, 1.54) is 12.3 Å². The monoisotopic (exact) mass is 277 g/mol. The summed E-state index contributed by atoms with van der Waals surface area (Å²) in [6, 6.07) is 12.0. The Bertz CT molecular complexity index is 661. The van der Waals surface area contributed by atoms with Gasteiger partial charge in [0, 0.05) is 11.6 Å². The Morgan fingerprint density at radius 3 is 2.32 bits per heavy atom. The Balaban J connectivity index is 2.55. The highest BCUT2D eigenvalue weighted by molar-refractivity contribution is 7.91. The number of hydrogen-bond acceptors (Lipinski definition) is 3. The molecule has 100 valence electrons. The van der Waals surface area contributed by atoms with Gasteiger partial charge in [0.05, 0.1) is 5.25 Å². The maximum atomic E-state index is 12.6. The summed E-state index contributed by atoms with van der Waals surface area (Å²) in [5.74, 6) is 0. The summed E-state index contributed by atoms with van der Waals surface area (Å²) in [5, 5.41) is 10.8. The van der Waals surface area contributed by atoms with Crippen LogP contribution in [-0.4, -0.2) is 8.42 Å². The second-order valence-corrected chi connectivity index (χ2v) is 6.60. The van der Waals surface area contributed by atoms with Gasteiger partial charge in [-0.25, -0.2) is 8.42 Å². The number of pyridine rings is 1. The van der Waals surface area contributed by atoms with Crippen molar-refractivity contribution < 1.29 is 13.1 Å². The number of aryl methyl sites for hydroxylation is 1. The van der Waals surface area contributed by atoms with E-state index >= 15 is 0 Å². The maximum Gasteiger partial charge on any atom is 0.312 e. The van der Waals surface area contributed by atoms with Crippen LogP contribution in [0.25, 0.3) is 0 Å². The average molecular weight is 277 g/mol. The second-order valence-electron chi connectivity index (χ2n) is 4.42. The molecule has 0 bridgehead atoms. The van der Waals surface area contributed by atoms with Gasteiger partial charge in [-0.3, -0.25) is 0 Å². The van der Waals surface area contributed by atoms with Gasteiger partial charge in [-0.1, -0.05) is 30.3 Å². The van der Waals surface area contributed by atoms with Gasteiger partial charge in [0.15, 0.2) is 6.20 Å². The van der Waals surface area contributed by atoms with Gasteiger partial charge in [0.1, 0.15) is 0 Å². The Morgan fingerprint density at radius 1 is 1.11 bits per heavy atom. The van der Waals surface area contributed by atoms with E-state index in [1.54, 1.807) is 44.2 Å². The van der Waals surface area contributed by atoms with Crippen molar-refractivity contribution in [1.29, 1.82) is 0 Å².